The predicted molar refractivity (Wildman–Crippen MR) is 57.8 cm³/mol. The number of methoxy groups -OCH3 is 1. The van der Waals surface area contributed by atoms with Gasteiger partial charge in [0, 0.05) is 19.8 Å². The van der Waals surface area contributed by atoms with E-state index in [0.29, 0.717) is 5.92 Å². The van der Waals surface area contributed by atoms with Crippen LogP contribution in [0.5, 0.6) is 0 Å². The smallest absolute Gasteiger partial charge is 0.407 e. The molecule has 0 aromatic carbocycles. The fourth-order valence-corrected chi connectivity index (χ4v) is 1.70. The molecule has 0 aromatic heterocycles. The Morgan fingerprint density at radius 3 is 2.47 bits per heavy atom. The summed E-state index contributed by atoms with van der Waals surface area (Å²) in [4.78, 5) is 11.4. The van der Waals surface area contributed by atoms with Crippen molar-refractivity contribution in [1.82, 2.24) is 5.32 Å². The largest absolute Gasteiger partial charge is 0.444 e. The summed E-state index contributed by atoms with van der Waals surface area (Å²) >= 11 is 0. The number of hydrogen-bond acceptors (Lipinski definition) is 3. The van der Waals surface area contributed by atoms with Gasteiger partial charge in [-0.05, 0) is 39.5 Å². The van der Waals surface area contributed by atoms with Crippen LogP contribution in [0, 0.1) is 5.92 Å². The summed E-state index contributed by atoms with van der Waals surface area (Å²) in [5.41, 5.74) is -0.417. The Balaban J connectivity index is 2.14. The van der Waals surface area contributed by atoms with Crippen LogP contribution in [0.1, 0.15) is 33.6 Å². The third-order valence-electron chi connectivity index (χ3n) is 2.36. The van der Waals surface area contributed by atoms with Crippen LogP contribution < -0.4 is 5.32 Å². The fraction of sp³-hybridized carbons (Fsp3) is 0.909. The molecule has 0 aliphatic heterocycles. The van der Waals surface area contributed by atoms with Crippen LogP contribution in [0.3, 0.4) is 0 Å². The molecule has 1 fully saturated rings. The van der Waals surface area contributed by atoms with Gasteiger partial charge in [-0.2, -0.15) is 0 Å². The molecular formula is C11H21NO3. The summed E-state index contributed by atoms with van der Waals surface area (Å²) in [6, 6.07) is 0.264. The SMILES string of the molecule is COC[C@H]1C[C@H](NC(=O)OC(C)(C)C)C1. The van der Waals surface area contributed by atoms with Crippen molar-refractivity contribution in [3.05, 3.63) is 0 Å². The zero-order chi connectivity index (χ0) is 11.5. The molecule has 0 spiro atoms. The lowest BCUT2D eigenvalue weighted by atomic mass is 9.81. The van der Waals surface area contributed by atoms with Crippen molar-refractivity contribution >= 4 is 6.09 Å². The van der Waals surface area contributed by atoms with E-state index in [4.69, 9.17) is 9.47 Å². The highest BCUT2D eigenvalue weighted by Crippen LogP contribution is 2.27. The molecule has 0 radical (unpaired) electrons. The van der Waals surface area contributed by atoms with Gasteiger partial charge in [-0.15, -0.1) is 0 Å². The molecule has 15 heavy (non-hydrogen) atoms. The van der Waals surface area contributed by atoms with Gasteiger partial charge in [-0.25, -0.2) is 4.79 Å². The van der Waals surface area contributed by atoms with Gasteiger partial charge in [0.25, 0.3) is 0 Å². The van der Waals surface area contributed by atoms with E-state index in [1.165, 1.54) is 0 Å². The maximum Gasteiger partial charge on any atom is 0.407 e. The summed E-state index contributed by atoms with van der Waals surface area (Å²) in [6.45, 7) is 6.37. The lowest BCUT2D eigenvalue weighted by molar-refractivity contribution is 0.0390. The molecule has 4 nitrogen and oxygen atoms in total. The minimum absolute atomic E-state index is 0.264. The predicted octanol–water partition coefficient (Wildman–Crippen LogP) is 1.94. The van der Waals surface area contributed by atoms with Gasteiger partial charge >= 0.3 is 6.09 Å². The molecule has 4 heteroatoms. The van der Waals surface area contributed by atoms with Crippen molar-refractivity contribution in [1.29, 1.82) is 0 Å². The third kappa shape index (κ3) is 4.51. The summed E-state index contributed by atoms with van der Waals surface area (Å²) in [5.74, 6) is 0.593. The number of carbonyl (C=O) groups excluding carboxylic acids is 1. The van der Waals surface area contributed by atoms with Gasteiger partial charge in [-0.3, -0.25) is 0 Å². The monoisotopic (exact) mass is 215 g/mol. The van der Waals surface area contributed by atoms with E-state index >= 15 is 0 Å². The molecule has 1 amide bonds. The van der Waals surface area contributed by atoms with Crippen LogP contribution >= 0.6 is 0 Å². The Hall–Kier alpha value is -0.770. The molecule has 1 saturated carbocycles. The molecule has 1 N–H and O–H groups in total. The number of hydrogen-bond donors (Lipinski definition) is 1. The van der Waals surface area contributed by atoms with Crippen molar-refractivity contribution in [2.75, 3.05) is 13.7 Å². The van der Waals surface area contributed by atoms with E-state index in [2.05, 4.69) is 5.32 Å². The average molecular weight is 215 g/mol. The minimum Gasteiger partial charge on any atom is -0.444 e. The van der Waals surface area contributed by atoms with Crippen molar-refractivity contribution in [2.24, 2.45) is 5.92 Å². The zero-order valence-corrected chi connectivity index (χ0v) is 10.0. The molecule has 0 heterocycles. The number of amides is 1. The van der Waals surface area contributed by atoms with Gasteiger partial charge in [0.05, 0.1) is 0 Å². The van der Waals surface area contributed by atoms with E-state index in [-0.39, 0.29) is 12.1 Å². The zero-order valence-electron chi connectivity index (χ0n) is 10.0. The van der Waals surface area contributed by atoms with Crippen LogP contribution in [0.25, 0.3) is 0 Å². The van der Waals surface area contributed by atoms with Gasteiger partial charge < -0.3 is 14.8 Å². The molecule has 1 rings (SSSR count). The average Bonchev–Trinajstić information content (AvgIpc) is 1.97. The Bertz CT molecular complexity index is 216. The topological polar surface area (TPSA) is 47.6 Å². The first-order chi connectivity index (χ1) is 6.90. The second-order valence-corrected chi connectivity index (χ2v) is 5.14. The molecule has 1 aliphatic carbocycles. The molecule has 0 atom stereocenters. The number of rotatable bonds is 3. The molecule has 88 valence electrons. The lowest BCUT2D eigenvalue weighted by Gasteiger charge is -2.35. The highest BCUT2D eigenvalue weighted by Gasteiger charge is 2.31. The Kier molecular flexibility index (Phi) is 3.97. The number of nitrogens with one attached hydrogen (secondary N) is 1. The first-order valence-corrected chi connectivity index (χ1v) is 5.39. The van der Waals surface area contributed by atoms with Crippen LogP contribution in [-0.4, -0.2) is 31.5 Å². The molecular weight excluding hydrogens is 194 g/mol. The minimum atomic E-state index is -0.417. The van der Waals surface area contributed by atoms with Crippen LogP contribution in [0.15, 0.2) is 0 Å². The van der Waals surface area contributed by atoms with Crippen LogP contribution in [-0.2, 0) is 9.47 Å². The van der Waals surface area contributed by atoms with E-state index < -0.39 is 5.60 Å². The van der Waals surface area contributed by atoms with Crippen LogP contribution in [0.4, 0.5) is 4.79 Å². The van der Waals surface area contributed by atoms with Crippen molar-refractivity contribution in [2.45, 2.75) is 45.3 Å². The van der Waals surface area contributed by atoms with Crippen molar-refractivity contribution in [3.63, 3.8) is 0 Å². The summed E-state index contributed by atoms with van der Waals surface area (Å²) < 4.78 is 10.2. The number of carbonyl (C=O) groups is 1. The van der Waals surface area contributed by atoms with Gasteiger partial charge in [-0.1, -0.05) is 0 Å². The van der Waals surface area contributed by atoms with E-state index in [1.54, 1.807) is 7.11 Å². The molecule has 0 bridgehead atoms. The number of alkyl carbamates (subject to hydrolysis) is 1. The van der Waals surface area contributed by atoms with E-state index in [0.717, 1.165) is 19.4 Å². The maximum atomic E-state index is 11.4. The van der Waals surface area contributed by atoms with Crippen molar-refractivity contribution < 1.29 is 14.3 Å². The standard InChI is InChI=1S/C11H21NO3/c1-11(2,3)15-10(13)12-9-5-8(6-9)7-14-4/h8-9H,5-7H2,1-4H3,(H,12,13)/t8-,9-. The molecule has 1 aliphatic rings. The van der Waals surface area contributed by atoms with Crippen molar-refractivity contribution in [3.8, 4) is 0 Å². The summed E-state index contributed by atoms with van der Waals surface area (Å²) in [7, 11) is 1.70. The second-order valence-electron chi connectivity index (χ2n) is 5.14. The summed E-state index contributed by atoms with van der Waals surface area (Å²) in [5, 5.41) is 2.84. The first-order valence-electron chi connectivity index (χ1n) is 5.39. The molecule has 0 aromatic rings. The van der Waals surface area contributed by atoms with E-state index in [9.17, 15) is 4.79 Å². The first kappa shape index (κ1) is 12.3. The summed E-state index contributed by atoms with van der Waals surface area (Å²) in [6.07, 6.45) is 1.67. The Morgan fingerprint density at radius 1 is 1.40 bits per heavy atom. The molecule has 0 unspecified atom stereocenters. The van der Waals surface area contributed by atoms with Crippen LogP contribution in [0.2, 0.25) is 0 Å². The van der Waals surface area contributed by atoms with Gasteiger partial charge in [0.15, 0.2) is 0 Å². The quantitative estimate of drug-likeness (QED) is 0.782. The highest BCUT2D eigenvalue weighted by atomic mass is 16.6. The third-order valence-corrected chi connectivity index (χ3v) is 2.36. The fourth-order valence-electron chi connectivity index (χ4n) is 1.70. The number of ether oxygens (including phenoxy) is 2. The lowest BCUT2D eigenvalue weighted by Crippen LogP contribution is -2.47. The Morgan fingerprint density at radius 2 is 2.00 bits per heavy atom. The highest BCUT2D eigenvalue weighted by molar-refractivity contribution is 5.68. The Labute approximate surface area is 91.3 Å². The van der Waals surface area contributed by atoms with Gasteiger partial charge in [0.2, 0.25) is 0 Å². The normalized spacial score (nSPS) is 25.6. The maximum absolute atomic E-state index is 11.4. The van der Waals surface area contributed by atoms with Gasteiger partial charge in [0.1, 0.15) is 5.60 Å². The second kappa shape index (κ2) is 4.84. The van der Waals surface area contributed by atoms with E-state index in [1.807, 2.05) is 20.8 Å². The molecule has 0 saturated heterocycles.